The summed E-state index contributed by atoms with van der Waals surface area (Å²) < 4.78 is 33.1. The minimum Gasteiger partial charge on any atom is -0.487 e. The van der Waals surface area contributed by atoms with Gasteiger partial charge in [0.2, 0.25) is 0 Å². The molecule has 0 unspecified atom stereocenters. The first-order valence-electron chi connectivity index (χ1n) is 7.43. The molecule has 0 aromatic heterocycles. The van der Waals surface area contributed by atoms with Gasteiger partial charge < -0.3 is 10.1 Å². The molecule has 0 aliphatic heterocycles. The highest BCUT2D eigenvalue weighted by Gasteiger charge is 2.14. The Morgan fingerprint density at radius 1 is 1.10 bits per heavy atom. The molecule has 0 saturated carbocycles. The molecule has 0 radical (unpaired) electrons. The van der Waals surface area contributed by atoms with E-state index in [0.717, 1.165) is 25.8 Å². The molecule has 0 amide bonds. The third-order valence-electron chi connectivity index (χ3n) is 3.43. The summed E-state index contributed by atoms with van der Waals surface area (Å²) in [7, 11) is 0. The van der Waals surface area contributed by atoms with Gasteiger partial charge in [-0.2, -0.15) is 0 Å². The number of hydrogen-bond donors (Lipinski definition) is 1. The Bertz CT molecular complexity index is 382. The molecule has 0 heterocycles. The van der Waals surface area contributed by atoms with Crippen LogP contribution in [0.3, 0.4) is 0 Å². The molecular formula is C16H25F2NO. The number of ether oxygens (including phenoxy) is 1. The molecule has 114 valence electrons. The summed E-state index contributed by atoms with van der Waals surface area (Å²) in [5.74, 6) is -1.16. The van der Waals surface area contributed by atoms with Crippen molar-refractivity contribution in [3.05, 3.63) is 29.3 Å². The lowest BCUT2D eigenvalue weighted by atomic mass is 10.1. The third-order valence-corrected chi connectivity index (χ3v) is 3.43. The summed E-state index contributed by atoms with van der Waals surface area (Å²) in [6.07, 6.45) is 2.87. The van der Waals surface area contributed by atoms with Crippen molar-refractivity contribution in [1.29, 1.82) is 0 Å². The Morgan fingerprint density at radius 2 is 1.70 bits per heavy atom. The molecule has 0 fully saturated rings. The first kappa shape index (κ1) is 16.9. The van der Waals surface area contributed by atoms with Gasteiger partial charge in [-0.05, 0) is 36.6 Å². The summed E-state index contributed by atoms with van der Waals surface area (Å²) in [4.78, 5) is 0. The molecule has 1 N–H and O–H groups in total. The molecule has 0 spiro atoms. The summed E-state index contributed by atoms with van der Waals surface area (Å²) in [6, 6.07) is 2.68. The fourth-order valence-electron chi connectivity index (χ4n) is 1.99. The first-order chi connectivity index (χ1) is 9.62. The average Bonchev–Trinajstić information content (AvgIpc) is 2.42. The van der Waals surface area contributed by atoms with Crippen LogP contribution in [0.15, 0.2) is 12.1 Å². The molecule has 1 aromatic rings. The lowest BCUT2D eigenvalue weighted by molar-refractivity contribution is 0.221. The normalized spacial score (nSPS) is 11.1. The van der Waals surface area contributed by atoms with E-state index in [1.807, 2.05) is 20.8 Å². The van der Waals surface area contributed by atoms with Crippen LogP contribution in [0.25, 0.3) is 0 Å². The van der Waals surface area contributed by atoms with Crippen molar-refractivity contribution in [2.24, 2.45) is 5.92 Å². The maximum absolute atomic E-state index is 13.9. The summed E-state index contributed by atoms with van der Waals surface area (Å²) in [5.41, 5.74) is 0.600. The molecule has 20 heavy (non-hydrogen) atoms. The van der Waals surface area contributed by atoms with Crippen molar-refractivity contribution in [3.63, 3.8) is 0 Å². The average molecular weight is 285 g/mol. The minimum absolute atomic E-state index is 0.254. The van der Waals surface area contributed by atoms with Crippen LogP contribution in [0.2, 0.25) is 0 Å². The molecule has 4 heteroatoms. The summed E-state index contributed by atoms with van der Waals surface area (Å²) in [5, 5.41) is 3.12. The quantitative estimate of drug-likeness (QED) is 0.684. The van der Waals surface area contributed by atoms with E-state index in [4.69, 9.17) is 4.74 Å². The van der Waals surface area contributed by atoms with Gasteiger partial charge in [-0.1, -0.05) is 33.6 Å². The number of hydrogen-bond acceptors (Lipinski definition) is 2. The van der Waals surface area contributed by atoms with Crippen LogP contribution in [0.5, 0.6) is 5.75 Å². The molecule has 0 bridgehead atoms. The highest BCUT2D eigenvalue weighted by molar-refractivity contribution is 5.31. The SMILES string of the molecule is CCCNCc1cc(F)c(OCC(CC)CC)c(F)c1. The smallest absolute Gasteiger partial charge is 0.190 e. The van der Waals surface area contributed by atoms with E-state index in [1.54, 1.807) is 0 Å². The van der Waals surface area contributed by atoms with E-state index >= 15 is 0 Å². The number of halogens is 2. The fourth-order valence-corrected chi connectivity index (χ4v) is 1.99. The molecule has 1 rings (SSSR count). The number of benzene rings is 1. The third kappa shape index (κ3) is 5.08. The Balaban J connectivity index is 2.68. The van der Waals surface area contributed by atoms with Crippen LogP contribution < -0.4 is 10.1 Å². The van der Waals surface area contributed by atoms with E-state index in [1.165, 1.54) is 12.1 Å². The van der Waals surface area contributed by atoms with Crippen LogP contribution in [-0.4, -0.2) is 13.2 Å². The second-order valence-corrected chi connectivity index (χ2v) is 5.06. The van der Waals surface area contributed by atoms with Gasteiger partial charge in [0.1, 0.15) is 0 Å². The maximum atomic E-state index is 13.9. The molecule has 0 aliphatic rings. The largest absolute Gasteiger partial charge is 0.487 e. The van der Waals surface area contributed by atoms with Gasteiger partial charge in [0, 0.05) is 6.54 Å². The molecule has 2 nitrogen and oxygen atoms in total. The van der Waals surface area contributed by atoms with Gasteiger partial charge in [0.25, 0.3) is 0 Å². The van der Waals surface area contributed by atoms with Gasteiger partial charge >= 0.3 is 0 Å². The summed E-state index contributed by atoms with van der Waals surface area (Å²) >= 11 is 0. The summed E-state index contributed by atoms with van der Waals surface area (Å²) in [6.45, 7) is 7.79. The Hall–Kier alpha value is -1.16. The van der Waals surface area contributed by atoms with Gasteiger partial charge in [0.05, 0.1) is 6.61 Å². The van der Waals surface area contributed by atoms with Crippen LogP contribution in [0.4, 0.5) is 8.78 Å². The van der Waals surface area contributed by atoms with Crippen molar-refractivity contribution in [3.8, 4) is 5.75 Å². The molecule has 0 saturated heterocycles. The lowest BCUT2D eigenvalue weighted by Gasteiger charge is -2.15. The second kappa shape index (κ2) is 8.90. The lowest BCUT2D eigenvalue weighted by Crippen LogP contribution is -2.15. The standard InChI is InChI=1S/C16H25F2NO/c1-4-7-19-10-13-8-14(17)16(15(18)9-13)20-11-12(5-2)6-3/h8-9,12,19H,4-7,10-11H2,1-3H3. The van der Waals surface area contributed by atoms with Gasteiger partial charge in [0.15, 0.2) is 17.4 Å². The van der Waals surface area contributed by atoms with Crippen molar-refractivity contribution >= 4 is 0 Å². The molecule has 1 aromatic carbocycles. The zero-order valence-corrected chi connectivity index (χ0v) is 12.6. The highest BCUT2D eigenvalue weighted by Crippen LogP contribution is 2.24. The number of rotatable bonds is 9. The van der Waals surface area contributed by atoms with Crippen LogP contribution in [-0.2, 0) is 6.54 Å². The Morgan fingerprint density at radius 3 is 2.20 bits per heavy atom. The fraction of sp³-hybridized carbons (Fsp3) is 0.625. The van der Waals surface area contributed by atoms with Crippen LogP contribution in [0.1, 0.15) is 45.6 Å². The van der Waals surface area contributed by atoms with Crippen molar-refractivity contribution in [2.45, 2.75) is 46.6 Å². The van der Waals surface area contributed by atoms with Gasteiger partial charge in [-0.3, -0.25) is 0 Å². The second-order valence-electron chi connectivity index (χ2n) is 5.06. The topological polar surface area (TPSA) is 21.3 Å². The minimum atomic E-state index is -0.621. The first-order valence-corrected chi connectivity index (χ1v) is 7.43. The Kier molecular flexibility index (Phi) is 7.52. The van der Waals surface area contributed by atoms with Crippen molar-refractivity contribution in [1.82, 2.24) is 5.32 Å². The molecular weight excluding hydrogens is 260 g/mol. The van der Waals surface area contributed by atoms with E-state index in [2.05, 4.69) is 5.32 Å². The van der Waals surface area contributed by atoms with Gasteiger partial charge in [-0.15, -0.1) is 0 Å². The van der Waals surface area contributed by atoms with E-state index < -0.39 is 11.6 Å². The van der Waals surface area contributed by atoms with E-state index in [9.17, 15) is 8.78 Å². The Labute approximate surface area is 120 Å². The monoisotopic (exact) mass is 285 g/mol. The van der Waals surface area contributed by atoms with Crippen molar-refractivity contribution in [2.75, 3.05) is 13.2 Å². The van der Waals surface area contributed by atoms with Gasteiger partial charge in [-0.25, -0.2) is 8.78 Å². The zero-order valence-electron chi connectivity index (χ0n) is 12.6. The van der Waals surface area contributed by atoms with Crippen LogP contribution in [0, 0.1) is 17.6 Å². The molecule has 0 aliphatic carbocycles. The van der Waals surface area contributed by atoms with Crippen LogP contribution >= 0.6 is 0 Å². The molecule has 0 atom stereocenters. The predicted molar refractivity (Wildman–Crippen MR) is 77.9 cm³/mol. The van der Waals surface area contributed by atoms with Crippen molar-refractivity contribution < 1.29 is 13.5 Å². The maximum Gasteiger partial charge on any atom is 0.190 e. The van der Waals surface area contributed by atoms with E-state index in [0.29, 0.717) is 24.6 Å². The zero-order chi connectivity index (χ0) is 15.0. The number of nitrogens with one attached hydrogen (secondary N) is 1. The predicted octanol–water partition coefficient (Wildman–Crippen LogP) is 4.28. The van der Waals surface area contributed by atoms with E-state index in [-0.39, 0.29) is 5.75 Å². The highest BCUT2D eigenvalue weighted by atomic mass is 19.1.